The lowest BCUT2D eigenvalue weighted by molar-refractivity contribution is -0.122. The van der Waals surface area contributed by atoms with Crippen molar-refractivity contribution in [1.29, 1.82) is 0 Å². The van der Waals surface area contributed by atoms with Gasteiger partial charge in [-0.25, -0.2) is 4.79 Å². The molecular formula is C18H20N4O3. The van der Waals surface area contributed by atoms with Gasteiger partial charge in [0.05, 0.1) is 11.6 Å². The molecule has 0 spiro atoms. The van der Waals surface area contributed by atoms with E-state index in [1.807, 2.05) is 0 Å². The summed E-state index contributed by atoms with van der Waals surface area (Å²) in [6.07, 6.45) is 0. The molecule has 5 N–H and O–H groups in total. The van der Waals surface area contributed by atoms with Crippen molar-refractivity contribution >= 4 is 17.7 Å². The quantitative estimate of drug-likeness (QED) is 0.315. The lowest BCUT2D eigenvalue weighted by atomic mass is 10.1. The zero-order valence-electron chi connectivity index (χ0n) is 13.8. The Kier molecular flexibility index (Phi) is 6.25. The monoisotopic (exact) mass is 340 g/mol. The number of nitrogens with zero attached hydrogens (tertiary/aromatic N) is 1. The number of rotatable bonds is 6. The molecule has 7 nitrogen and oxygen atoms in total. The van der Waals surface area contributed by atoms with Gasteiger partial charge in [-0.15, -0.1) is 0 Å². The minimum atomic E-state index is -0.584. The fraction of sp³-hybridized carbons (Fsp3) is 0.167. The average Bonchev–Trinajstić information content (AvgIpc) is 2.64. The number of carbonyl (C=O) groups is 2. The zero-order chi connectivity index (χ0) is 18.2. The number of carbonyl (C=O) groups excluding carboxylic acids is 2. The van der Waals surface area contributed by atoms with Gasteiger partial charge in [-0.1, -0.05) is 47.6 Å². The zero-order valence-corrected chi connectivity index (χ0v) is 13.8. The summed E-state index contributed by atoms with van der Waals surface area (Å²) < 4.78 is 0. The molecule has 0 heterocycles. The van der Waals surface area contributed by atoms with Crippen molar-refractivity contribution in [1.82, 2.24) is 5.32 Å². The molecule has 0 radical (unpaired) electrons. The van der Waals surface area contributed by atoms with Crippen molar-refractivity contribution in [2.75, 3.05) is 0 Å². The maximum Gasteiger partial charge on any atom is 0.365 e. The first-order valence-corrected chi connectivity index (χ1v) is 7.70. The molecule has 2 aromatic rings. The second kappa shape index (κ2) is 8.60. The van der Waals surface area contributed by atoms with E-state index in [9.17, 15) is 9.59 Å². The van der Waals surface area contributed by atoms with E-state index in [1.54, 1.807) is 61.5 Å². The van der Waals surface area contributed by atoms with Gasteiger partial charge in [-0.2, -0.15) is 0 Å². The minimum absolute atomic E-state index is 0.0791. The van der Waals surface area contributed by atoms with E-state index in [1.165, 1.54) is 0 Å². The highest BCUT2D eigenvalue weighted by molar-refractivity contribution is 5.98. The molecule has 1 atom stereocenters. The van der Waals surface area contributed by atoms with Crippen LogP contribution in [0, 0.1) is 0 Å². The van der Waals surface area contributed by atoms with Gasteiger partial charge in [0.25, 0.3) is 0 Å². The predicted molar refractivity (Wildman–Crippen MR) is 94.5 cm³/mol. The van der Waals surface area contributed by atoms with Gasteiger partial charge in [-0.05, 0) is 24.6 Å². The molecule has 1 amide bonds. The predicted octanol–water partition coefficient (Wildman–Crippen LogP) is 1.13. The second-order valence-corrected chi connectivity index (χ2v) is 5.42. The van der Waals surface area contributed by atoms with Gasteiger partial charge >= 0.3 is 5.97 Å². The van der Waals surface area contributed by atoms with Crippen LogP contribution < -0.4 is 16.8 Å². The summed E-state index contributed by atoms with van der Waals surface area (Å²) >= 11 is 0. The van der Waals surface area contributed by atoms with Crippen LogP contribution in [0.25, 0.3) is 0 Å². The molecule has 0 aromatic heterocycles. The second-order valence-electron chi connectivity index (χ2n) is 5.42. The maximum absolute atomic E-state index is 11.8. The number of nitrogens with two attached hydrogens (primary N) is 2. The van der Waals surface area contributed by atoms with Crippen LogP contribution in [0.2, 0.25) is 0 Å². The van der Waals surface area contributed by atoms with Crippen LogP contribution in [-0.4, -0.2) is 23.8 Å². The van der Waals surface area contributed by atoms with Gasteiger partial charge in [0.1, 0.15) is 0 Å². The van der Waals surface area contributed by atoms with Crippen molar-refractivity contribution in [3.05, 3.63) is 71.3 Å². The average molecular weight is 340 g/mol. The molecule has 0 unspecified atom stereocenters. The molecule has 0 aliphatic carbocycles. The van der Waals surface area contributed by atoms with Crippen molar-refractivity contribution < 1.29 is 14.4 Å². The molecule has 2 rings (SSSR count). The lowest BCUT2D eigenvalue weighted by Crippen LogP contribution is -2.37. The molecule has 0 aliphatic heterocycles. The van der Waals surface area contributed by atoms with Gasteiger partial charge < -0.3 is 21.6 Å². The highest BCUT2D eigenvalue weighted by Crippen LogP contribution is 2.06. The van der Waals surface area contributed by atoms with Crippen molar-refractivity contribution in [3.8, 4) is 0 Å². The molecular weight excluding hydrogens is 320 g/mol. The molecule has 0 aliphatic rings. The normalized spacial score (nSPS) is 12.3. The smallest absolute Gasteiger partial charge is 0.365 e. The van der Waals surface area contributed by atoms with Crippen LogP contribution in [0.1, 0.15) is 28.4 Å². The third kappa shape index (κ3) is 5.43. The Morgan fingerprint density at radius 2 is 1.72 bits per heavy atom. The number of hydrogen-bond acceptors (Lipinski definition) is 5. The Labute approximate surface area is 145 Å². The van der Waals surface area contributed by atoms with E-state index in [4.69, 9.17) is 16.3 Å². The molecule has 0 saturated heterocycles. The Morgan fingerprint density at radius 1 is 1.08 bits per heavy atom. The number of oxime groups is 1. The van der Waals surface area contributed by atoms with Gasteiger partial charge in [0.2, 0.25) is 5.91 Å². The Hall–Kier alpha value is -3.19. The molecule has 0 bridgehead atoms. The lowest BCUT2D eigenvalue weighted by Gasteiger charge is -2.08. The number of benzene rings is 2. The van der Waals surface area contributed by atoms with Crippen LogP contribution in [0.15, 0.2) is 59.8 Å². The third-order valence-corrected chi connectivity index (χ3v) is 3.37. The van der Waals surface area contributed by atoms with Crippen LogP contribution in [0.5, 0.6) is 0 Å². The molecule has 0 saturated carbocycles. The Morgan fingerprint density at radius 3 is 2.32 bits per heavy atom. The molecule has 130 valence electrons. The first-order chi connectivity index (χ1) is 12.0. The first-order valence-electron chi connectivity index (χ1n) is 7.70. The molecule has 7 heteroatoms. The van der Waals surface area contributed by atoms with E-state index < -0.39 is 12.0 Å². The molecule has 2 aromatic carbocycles. The number of amides is 1. The number of amidine groups is 1. The van der Waals surface area contributed by atoms with E-state index >= 15 is 0 Å². The van der Waals surface area contributed by atoms with Crippen molar-refractivity contribution in [2.45, 2.75) is 19.5 Å². The number of nitrogens with one attached hydrogen (secondary N) is 1. The highest BCUT2D eigenvalue weighted by atomic mass is 16.7. The van der Waals surface area contributed by atoms with Crippen molar-refractivity contribution in [3.63, 3.8) is 0 Å². The Bertz CT molecular complexity index is 756. The molecule has 0 fully saturated rings. The first kappa shape index (κ1) is 18.2. The van der Waals surface area contributed by atoms with E-state index in [2.05, 4.69) is 10.5 Å². The maximum atomic E-state index is 11.8. The summed E-state index contributed by atoms with van der Waals surface area (Å²) in [5.74, 6) is -0.729. The fourth-order valence-electron chi connectivity index (χ4n) is 1.91. The topological polar surface area (TPSA) is 120 Å². The summed E-state index contributed by atoms with van der Waals surface area (Å²) in [6, 6.07) is 15.0. The SMILES string of the molecule is C[C@H](N)C(=O)NCc1ccc(C(N)=NOC(=O)c2ccccc2)cc1. The van der Waals surface area contributed by atoms with E-state index in [-0.39, 0.29) is 11.7 Å². The van der Waals surface area contributed by atoms with Crippen LogP contribution in [-0.2, 0) is 16.2 Å². The minimum Gasteiger partial charge on any atom is -0.380 e. The number of hydrogen-bond donors (Lipinski definition) is 3. The summed E-state index contributed by atoms with van der Waals surface area (Å²) in [5.41, 5.74) is 13.2. The fourth-order valence-corrected chi connectivity index (χ4v) is 1.91. The third-order valence-electron chi connectivity index (χ3n) is 3.37. The molecule has 25 heavy (non-hydrogen) atoms. The standard InChI is InChI=1S/C18H20N4O3/c1-12(19)17(23)21-11-13-7-9-14(10-8-13)16(20)22-25-18(24)15-5-3-2-4-6-15/h2-10,12H,11,19H2,1H3,(H2,20,22)(H,21,23)/t12-/m0/s1. The van der Waals surface area contributed by atoms with Crippen LogP contribution in [0.4, 0.5) is 0 Å². The highest BCUT2D eigenvalue weighted by Gasteiger charge is 2.08. The van der Waals surface area contributed by atoms with Crippen LogP contribution in [0.3, 0.4) is 0 Å². The summed E-state index contributed by atoms with van der Waals surface area (Å²) in [7, 11) is 0. The summed E-state index contributed by atoms with van der Waals surface area (Å²) in [5, 5.41) is 6.37. The van der Waals surface area contributed by atoms with E-state index in [0.29, 0.717) is 17.7 Å². The van der Waals surface area contributed by atoms with Gasteiger partial charge in [-0.3, -0.25) is 4.79 Å². The van der Waals surface area contributed by atoms with Crippen LogP contribution >= 0.6 is 0 Å². The Balaban J connectivity index is 1.94. The van der Waals surface area contributed by atoms with E-state index in [0.717, 1.165) is 5.56 Å². The summed E-state index contributed by atoms with van der Waals surface area (Å²) in [6.45, 7) is 1.98. The van der Waals surface area contributed by atoms with Crippen molar-refractivity contribution in [2.24, 2.45) is 16.6 Å². The van der Waals surface area contributed by atoms with Gasteiger partial charge in [0, 0.05) is 12.1 Å². The van der Waals surface area contributed by atoms with Gasteiger partial charge in [0.15, 0.2) is 5.84 Å². The summed E-state index contributed by atoms with van der Waals surface area (Å²) in [4.78, 5) is 28.1. The largest absolute Gasteiger partial charge is 0.380 e.